The number of allylic oxidation sites excluding steroid dienone is 4. The summed E-state index contributed by atoms with van der Waals surface area (Å²) in [5.74, 6) is 1.01. The Morgan fingerprint density at radius 1 is 1.42 bits per heavy atom. The minimum atomic E-state index is -0.392. The molecule has 1 aliphatic carbocycles. The Morgan fingerprint density at radius 3 is 2.96 bits per heavy atom. The maximum Gasteiger partial charge on any atom is 0.242 e. The van der Waals surface area contributed by atoms with E-state index in [1.807, 2.05) is 6.07 Å². The van der Waals surface area contributed by atoms with E-state index in [1.165, 1.54) is 12.1 Å². The van der Waals surface area contributed by atoms with Crippen molar-refractivity contribution in [3.05, 3.63) is 83.4 Å². The molecule has 1 aliphatic rings. The van der Waals surface area contributed by atoms with Crippen LogP contribution in [0.15, 0.2) is 53.5 Å². The van der Waals surface area contributed by atoms with Gasteiger partial charge in [-0.1, -0.05) is 31.7 Å². The van der Waals surface area contributed by atoms with Crippen molar-refractivity contribution in [2.24, 2.45) is 5.73 Å². The number of aromatic nitrogens is 1. The zero-order valence-corrected chi connectivity index (χ0v) is 14.6. The SMILES string of the molecule is C=C/C=C\C=C(/N)c1nc2c(o1)CC(c1cc(F)cc(C#N)c1)CC2C. The van der Waals surface area contributed by atoms with Crippen molar-refractivity contribution < 1.29 is 8.81 Å². The van der Waals surface area contributed by atoms with E-state index < -0.39 is 5.82 Å². The lowest BCUT2D eigenvalue weighted by atomic mass is 9.79. The zero-order chi connectivity index (χ0) is 18.7. The standard InChI is InChI=1S/C21H20FN3O/c1-3-4-5-6-18(24)21-25-20-13(2)7-15(11-19(20)26-21)16-8-14(12-23)9-17(22)10-16/h3-6,8-10,13,15H,1,7,11,24H2,2H3/b5-4-,18-6-. The molecule has 26 heavy (non-hydrogen) atoms. The second kappa shape index (κ2) is 7.40. The summed E-state index contributed by atoms with van der Waals surface area (Å²) in [6, 6.07) is 6.50. The molecule has 0 saturated heterocycles. The number of benzene rings is 1. The van der Waals surface area contributed by atoms with E-state index in [4.69, 9.17) is 15.4 Å². The molecule has 2 N–H and O–H groups in total. The molecule has 3 rings (SSSR count). The van der Waals surface area contributed by atoms with Crippen LogP contribution in [0.25, 0.3) is 5.70 Å². The van der Waals surface area contributed by atoms with Gasteiger partial charge in [0.2, 0.25) is 5.89 Å². The predicted molar refractivity (Wildman–Crippen MR) is 98.6 cm³/mol. The molecule has 0 fully saturated rings. The Kier molecular flexibility index (Phi) is 5.04. The van der Waals surface area contributed by atoms with Gasteiger partial charge >= 0.3 is 0 Å². The van der Waals surface area contributed by atoms with Gasteiger partial charge in [-0.2, -0.15) is 5.26 Å². The van der Waals surface area contributed by atoms with E-state index in [-0.39, 0.29) is 11.8 Å². The van der Waals surface area contributed by atoms with Crippen LogP contribution in [-0.2, 0) is 6.42 Å². The molecule has 1 aromatic heterocycles. The molecule has 4 nitrogen and oxygen atoms in total. The molecule has 0 saturated carbocycles. The molecule has 2 aromatic rings. The van der Waals surface area contributed by atoms with Crippen LogP contribution in [0.1, 0.15) is 53.7 Å². The van der Waals surface area contributed by atoms with Gasteiger partial charge < -0.3 is 10.2 Å². The van der Waals surface area contributed by atoms with E-state index >= 15 is 0 Å². The first kappa shape index (κ1) is 17.7. The molecular weight excluding hydrogens is 329 g/mol. The molecule has 1 heterocycles. The molecule has 0 radical (unpaired) electrons. The van der Waals surface area contributed by atoms with Crippen LogP contribution in [0.2, 0.25) is 0 Å². The normalized spacial score (nSPS) is 20.0. The van der Waals surface area contributed by atoms with Crippen molar-refractivity contribution >= 4 is 5.70 Å². The molecule has 1 aromatic carbocycles. The molecule has 0 bridgehead atoms. The zero-order valence-electron chi connectivity index (χ0n) is 14.6. The number of nitrogens with zero attached hydrogens (tertiary/aromatic N) is 2. The number of nitriles is 1. The van der Waals surface area contributed by atoms with Gasteiger partial charge in [-0.25, -0.2) is 9.37 Å². The summed E-state index contributed by atoms with van der Waals surface area (Å²) in [6.07, 6.45) is 8.33. The van der Waals surface area contributed by atoms with Gasteiger partial charge in [-0.3, -0.25) is 0 Å². The molecule has 0 spiro atoms. The number of nitrogens with two attached hydrogens (primary N) is 1. The van der Waals surface area contributed by atoms with Crippen LogP contribution in [0.5, 0.6) is 0 Å². The lowest BCUT2D eigenvalue weighted by molar-refractivity contribution is 0.421. The van der Waals surface area contributed by atoms with E-state index in [2.05, 4.69) is 18.5 Å². The highest BCUT2D eigenvalue weighted by atomic mass is 19.1. The van der Waals surface area contributed by atoms with E-state index in [0.717, 1.165) is 23.4 Å². The number of oxazole rings is 1. The lowest BCUT2D eigenvalue weighted by Crippen LogP contribution is -2.15. The van der Waals surface area contributed by atoms with Gasteiger partial charge in [0.15, 0.2) is 0 Å². The molecule has 2 unspecified atom stereocenters. The third kappa shape index (κ3) is 3.60. The minimum Gasteiger partial charge on any atom is -0.440 e. The topological polar surface area (TPSA) is 75.8 Å². The predicted octanol–water partition coefficient (Wildman–Crippen LogP) is 4.56. The van der Waals surface area contributed by atoms with Crippen molar-refractivity contribution in [3.8, 4) is 6.07 Å². The fourth-order valence-corrected chi connectivity index (χ4v) is 3.34. The summed E-state index contributed by atoms with van der Waals surface area (Å²) in [5, 5.41) is 9.07. The van der Waals surface area contributed by atoms with Crippen molar-refractivity contribution in [3.63, 3.8) is 0 Å². The second-order valence-corrected chi connectivity index (χ2v) is 6.49. The van der Waals surface area contributed by atoms with Crippen molar-refractivity contribution in [1.82, 2.24) is 4.98 Å². The summed E-state index contributed by atoms with van der Waals surface area (Å²) in [6.45, 7) is 5.67. The van der Waals surface area contributed by atoms with E-state index in [0.29, 0.717) is 23.6 Å². The Labute approximate surface area is 152 Å². The smallest absolute Gasteiger partial charge is 0.242 e. The summed E-state index contributed by atoms with van der Waals surface area (Å²) >= 11 is 0. The second-order valence-electron chi connectivity index (χ2n) is 6.49. The van der Waals surface area contributed by atoms with Crippen LogP contribution >= 0.6 is 0 Å². The summed E-state index contributed by atoms with van der Waals surface area (Å²) in [4.78, 5) is 4.54. The highest BCUT2D eigenvalue weighted by Gasteiger charge is 2.31. The number of hydrogen-bond acceptors (Lipinski definition) is 4. The summed E-state index contributed by atoms with van der Waals surface area (Å²) in [7, 11) is 0. The van der Waals surface area contributed by atoms with E-state index in [9.17, 15) is 4.39 Å². The first-order valence-corrected chi connectivity index (χ1v) is 8.47. The number of halogens is 1. The quantitative estimate of drug-likeness (QED) is 0.821. The van der Waals surface area contributed by atoms with Crippen LogP contribution in [0, 0.1) is 17.1 Å². The van der Waals surface area contributed by atoms with Gasteiger partial charge in [0.25, 0.3) is 0 Å². The molecule has 0 aliphatic heterocycles. The first-order valence-electron chi connectivity index (χ1n) is 8.47. The van der Waals surface area contributed by atoms with Crippen molar-refractivity contribution in [2.45, 2.75) is 31.6 Å². The average molecular weight is 349 g/mol. The molecule has 0 amide bonds. The summed E-state index contributed by atoms with van der Waals surface area (Å²) < 4.78 is 19.7. The van der Waals surface area contributed by atoms with Gasteiger partial charge in [-0.15, -0.1) is 0 Å². The largest absolute Gasteiger partial charge is 0.440 e. The Balaban J connectivity index is 1.90. The van der Waals surface area contributed by atoms with Crippen LogP contribution < -0.4 is 5.73 Å². The van der Waals surface area contributed by atoms with Gasteiger partial charge in [0, 0.05) is 12.3 Å². The average Bonchev–Trinajstić information content (AvgIpc) is 3.06. The highest BCUT2D eigenvalue weighted by Crippen LogP contribution is 2.40. The molecule has 2 atom stereocenters. The Bertz CT molecular complexity index is 933. The summed E-state index contributed by atoms with van der Waals surface area (Å²) in [5.41, 5.74) is 8.52. The van der Waals surface area contributed by atoms with Gasteiger partial charge in [-0.05, 0) is 42.2 Å². The van der Waals surface area contributed by atoms with Crippen molar-refractivity contribution in [2.75, 3.05) is 0 Å². The number of fused-ring (bicyclic) bond motifs is 1. The van der Waals surface area contributed by atoms with Gasteiger partial charge in [0.1, 0.15) is 11.6 Å². The third-order valence-corrected chi connectivity index (χ3v) is 4.55. The van der Waals surface area contributed by atoms with Crippen LogP contribution in [0.3, 0.4) is 0 Å². The number of hydrogen-bond donors (Lipinski definition) is 1. The molecule has 132 valence electrons. The number of rotatable bonds is 4. The maximum atomic E-state index is 13.8. The Morgan fingerprint density at radius 2 is 2.23 bits per heavy atom. The van der Waals surface area contributed by atoms with E-state index in [1.54, 1.807) is 30.4 Å². The van der Waals surface area contributed by atoms with Gasteiger partial charge in [0.05, 0.1) is 23.0 Å². The Hall–Kier alpha value is -3.13. The fourth-order valence-electron chi connectivity index (χ4n) is 3.34. The van der Waals surface area contributed by atoms with Crippen LogP contribution in [0.4, 0.5) is 4.39 Å². The third-order valence-electron chi connectivity index (χ3n) is 4.55. The molecular formula is C21H20FN3O. The van der Waals surface area contributed by atoms with Crippen molar-refractivity contribution in [1.29, 1.82) is 5.26 Å². The highest BCUT2D eigenvalue weighted by molar-refractivity contribution is 5.57. The first-order chi connectivity index (χ1) is 12.5. The lowest BCUT2D eigenvalue weighted by Gasteiger charge is -2.25. The fraction of sp³-hybridized carbons (Fsp3) is 0.238. The monoisotopic (exact) mass is 349 g/mol. The maximum absolute atomic E-state index is 13.8. The molecule has 5 heteroatoms. The van der Waals surface area contributed by atoms with Crippen LogP contribution in [-0.4, -0.2) is 4.98 Å². The minimum absolute atomic E-state index is 0.0759.